The molecule has 1 saturated heterocycles. The molecule has 4 heterocycles. The number of carbonyl (C=O) groups is 4. The van der Waals surface area contributed by atoms with E-state index in [1.54, 1.807) is 25.5 Å². The maximum atomic E-state index is 13.4. The van der Waals surface area contributed by atoms with Crippen LogP contribution in [0.15, 0.2) is 33.7 Å². The van der Waals surface area contributed by atoms with Gasteiger partial charge in [0.05, 0.1) is 0 Å². The number of alkyl carbamates (subject to hydrolysis) is 1. The minimum atomic E-state index is -1.26. The van der Waals surface area contributed by atoms with E-state index < -0.39 is 40.9 Å². The van der Waals surface area contributed by atoms with Crippen LogP contribution in [0.1, 0.15) is 52.3 Å². The smallest absolute Gasteiger partial charge is 0.407 e. The molecule has 3 aliphatic rings. The summed E-state index contributed by atoms with van der Waals surface area (Å²) in [7, 11) is 0. The fourth-order valence-electron chi connectivity index (χ4n) is 4.83. The first-order valence-electron chi connectivity index (χ1n) is 15.0. The van der Waals surface area contributed by atoms with Crippen LogP contribution in [0, 0.1) is 0 Å². The number of aliphatic carboxylic acids is 1. The molecule has 2 aromatic rings. The first kappa shape index (κ1) is 35.1. The zero-order valence-electron chi connectivity index (χ0n) is 26.3. The van der Waals surface area contributed by atoms with Gasteiger partial charge in [-0.1, -0.05) is 23.0 Å². The highest BCUT2D eigenvalue weighted by Gasteiger charge is 2.54. The van der Waals surface area contributed by atoms with Gasteiger partial charge in [0.25, 0.3) is 11.8 Å². The van der Waals surface area contributed by atoms with Crippen LogP contribution < -0.4 is 16.4 Å². The number of fused-ring (bicyclic) bond motifs is 1. The number of carboxylic acids is 1. The number of anilines is 1. The molecule has 18 nitrogen and oxygen atoms in total. The zero-order chi connectivity index (χ0) is 34.4. The van der Waals surface area contributed by atoms with Crippen molar-refractivity contribution >= 4 is 69.8 Å². The summed E-state index contributed by atoms with van der Waals surface area (Å²) < 4.78 is 10.9. The Morgan fingerprint density at radius 2 is 2.10 bits per heavy atom. The number of thioether (sulfide) groups is 2. The molecular weight excluding hydrogens is 687 g/mol. The Hall–Kier alpha value is -4.24. The lowest BCUT2D eigenvalue weighted by atomic mass is 10.0. The zero-order valence-corrected chi connectivity index (χ0v) is 28.8. The Bertz CT molecular complexity index is 1630. The van der Waals surface area contributed by atoms with Crippen LogP contribution in [0.3, 0.4) is 0 Å². The number of allylic oxidation sites excluding steroid dienone is 1. The van der Waals surface area contributed by atoms with Crippen LogP contribution in [-0.4, -0.2) is 110 Å². The largest absolute Gasteiger partial charge is 0.477 e. The fourth-order valence-corrected chi connectivity index (χ4v) is 7.66. The number of nitrogens with one attached hydrogen (secondary N) is 2. The van der Waals surface area contributed by atoms with Gasteiger partial charge in [-0.3, -0.25) is 14.5 Å². The van der Waals surface area contributed by atoms with E-state index in [0.717, 1.165) is 30.8 Å². The number of rotatable bonds is 13. The summed E-state index contributed by atoms with van der Waals surface area (Å²) in [5.74, 6) is -2.13. The molecule has 3 atom stereocenters. The number of aryl methyl sites for hydroxylation is 1. The number of nitrogen functional groups attached to an aromatic ring is 1. The minimum absolute atomic E-state index is 0.0400. The second kappa shape index (κ2) is 15.3. The van der Waals surface area contributed by atoms with Crippen molar-refractivity contribution in [3.63, 3.8) is 0 Å². The van der Waals surface area contributed by atoms with Gasteiger partial charge in [-0.25, -0.2) is 14.3 Å². The fraction of sp³-hybridized carbons (Fsp3) is 0.556. The molecule has 2 aromatic heterocycles. The molecule has 0 aromatic carbocycles. The maximum absolute atomic E-state index is 13.4. The van der Waals surface area contributed by atoms with E-state index in [4.69, 9.17) is 15.3 Å². The van der Waals surface area contributed by atoms with Crippen molar-refractivity contribution in [1.29, 1.82) is 0 Å². The van der Waals surface area contributed by atoms with Crippen molar-refractivity contribution in [3.05, 3.63) is 29.2 Å². The molecule has 258 valence electrons. The maximum Gasteiger partial charge on any atom is 0.407 e. The van der Waals surface area contributed by atoms with E-state index >= 15 is 0 Å². The van der Waals surface area contributed by atoms with Crippen molar-refractivity contribution in [2.24, 2.45) is 5.16 Å². The topological polar surface area (TPSA) is 242 Å². The molecule has 1 aliphatic carbocycles. The van der Waals surface area contributed by atoms with Crippen LogP contribution in [0.5, 0.6) is 0 Å². The highest BCUT2D eigenvalue weighted by atomic mass is 32.2. The predicted octanol–water partition coefficient (Wildman–Crippen LogP) is 1.38. The van der Waals surface area contributed by atoms with E-state index in [0.29, 0.717) is 36.0 Å². The monoisotopic (exact) mass is 721 g/mol. The molecule has 3 amide bonds. The van der Waals surface area contributed by atoms with E-state index in [1.165, 1.54) is 28.4 Å². The van der Waals surface area contributed by atoms with Gasteiger partial charge in [0.1, 0.15) is 28.8 Å². The molecule has 0 radical (unpaired) electrons. The first-order chi connectivity index (χ1) is 22.9. The normalized spacial score (nSPS) is 21.0. The average molecular weight is 722 g/mol. The van der Waals surface area contributed by atoms with Crippen molar-refractivity contribution < 1.29 is 33.9 Å². The van der Waals surface area contributed by atoms with E-state index in [1.807, 2.05) is 12.2 Å². The standard InChI is InChI=1S/C27H35N11O7S3/c1-27(2,3)44-26(43)29-10-7-11-37-25(32-35-36-37)47-13-14-12-46-22-17(21(40)38(22)18(14)23(41)42)30-20(39)16(19-31-24(28)48-34-19)33-45-15-8-5-4-6-9-15/h5,8,15,17,22H,4,6-7,9-13H2,1-3H3,(H,29,43)(H,30,39)(H,41,42)(H2,28,31,34)/b33-16+. The molecule has 21 heteroatoms. The first-order valence-corrected chi connectivity index (χ1v) is 17.8. The Morgan fingerprint density at radius 1 is 1.29 bits per heavy atom. The Kier molecular flexibility index (Phi) is 11.2. The molecular formula is C27H35N11O7S3. The molecule has 5 rings (SSSR count). The summed E-state index contributed by atoms with van der Waals surface area (Å²) in [6.45, 7) is 6.07. The number of carbonyl (C=O) groups excluding carboxylic acids is 3. The molecule has 2 aliphatic heterocycles. The average Bonchev–Trinajstić information content (AvgIpc) is 3.68. The third-order valence-corrected chi connectivity index (χ3v) is 9.91. The molecule has 5 N–H and O–H groups in total. The van der Waals surface area contributed by atoms with E-state index in [9.17, 15) is 24.3 Å². The summed E-state index contributed by atoms with van der Waals surface area (Å²) in [5.41, 5.74) is 5.25. The Morgan fingerprint density at radius 3 is 2.79 bits per heavy atom. The number of tetrazole rings is 1. The number of carboxylic acid groups (broad SMARTS) is 1. The van der Waals surface area contributed by atoms with Crippen molar-refractivity contribution in [3.8, 4) is 0 Å². The summed E-state index contributed by atoms with van der Waals surface area (Å²) >= 11 is 3.44. The number of β-lactam (4-membered cyclic amide) rings is 1. The summed E-state index contributed by atoms with van der Waals surface area (Å²) in [6, 6.07) is -1.01. The van der Waals surface area contributed by atoms with Gasteiger partial charge in [0, 0.05) is 36.1 Å². The van der Waals surface area contributed by atoms with Gasteiger partial charge >= 0.3 is 12.1 Å². The second-order valence-electron chi connectivity index (χ2n) is 11.8. The summed E-state index contributed by atoms with van der Waals surface area (Å²) in [4.78, 5) is 61.7. The molecule has 3 unspecified atom stereocenters. The second-order valence-corrected chi connectivity index (χ2v) is 14.6. The Balaban J connectivity index is 1.20. The van der Waals surface area contributed by atoms with Crippen LogP contribution in [0.4, 0.5) is 9.93 Å². The molecule has 0 bridgehead atoms. The number of ether oxygens (including phenoxy) is 1. The highest BCUT2D eigenvalue weighted by molar-refractivity contribution is 8.01. The van der Waals surface area contributed by atoms with Crippen molar-refractivity contribution in [2.45, 2.75) is 81.3 Å². The Labute approximate surface area is 287 Å². The predicted molar refractivity (Wildman–Crippen MR) is 176 cm³/mol. The molecule has 1 fully saturated rings. The number of amides is 3. The van der Waals surface area contributed by atoms with E-state index in [2.05, 4.69) is 40.7 Å². The summed E-state index contributed by atoms with van der Waals surface area (Å²) in [6.07, 6.45) is 6.09. The van der Waals surface area contributed by atoms with Gasteiger partial charge in [0.2, 0.25) is 16.7 Å². The third-order valence-electron chi connectivity index (χ3n) is 6.98. The van der Waals surface area contributed by atoms with Crippen LogP contribution in [0.25, 0.3) is 0 Å². The van der Waals surface area contributed by atoms with Crippen LogP contribution in [-0.2, 0) is 30.5 Å². The third kappa shape index (κ3) is 8.61. The number of aromatic nitrogens is 6. The number of hydrogen-bond acceptors (Lipinski definition) is 16. The van der Waals surface area contributed by atoms with Crippen LogP contribution >= 0.6 is 35.1 Å². The lowest BCUT2D eigenvalue weighted by molar-refractivity contribution is -0.150. The number of nitrogens with zero attached hydrogens (tertiary/aromatic N) is 8. The van der Waals surface area contributed by atoms with Gasteiger partial charge in [-0.15, -0.1) is 16.9 Å². The number of hydrogen-bond donors (Lipinski definition) is 4. The van der Waals surface area contributed by atoms with Gasteiger partial charge in [-0.05, 0) is 68.5 Å². The molecule has 0 spiro atoms. The lowest BCUT2D eigenvalue weighted by Crippen LogP contribution is -2.71. The number of nitrogens with two attached hydrogens (primary N) is 1. The van der Waals surface area contributed by atoms with E-state index in [-0.39, 0.29) is 34.2 Å². The van der Waals surface area contributed by atoms with Crippen molar-refractivity contribution in [1.82, 2.24) is 45.1 Å². The van der Waals surface area contributed by atoms with Gasteiger partial charge in [-0.2, -0.15) is 9.36 Å². The lowest BCUT2D eigenvalue weighted by Gasteiger charge is -2.49. The van der Waals surface area contributed by atoms with Gasteiger partial charge < -0.3 is 31.0 Å². The number of oxime groups is 1. The minimum Gasteiger partial charge on any atom is -0.477 e. The van der Waals surface area contributed by atoms with Crippen LogP contribution in [0.2, 0.25) is 0 Å². The SMILES string of the molecule is CC(C)(C)OC(=O)NCCCn1nnnc1SCC1=C(C(=O)O)N2C(=O)C(NC(=O)/C(=N/OC3C=CCCC3)c3nsc(N)n3)C2SC1. The quantitative estimate of drug-likeness (QED) is 0.0570. The van der Waals surface area contributed by atoms with Gasteiger partial charge in [0.15, 0.2) is 5.13 Å². The summed E-state index contributed by atoms with van der Waals surface area (Å²) in [5, 5.41) is 31.1. The highest BCUT2D eigenvalue weighted by Crippen LogP contribution is 2.41. The van der Waals surface area contributed by atoms with Crippen molar-refractivity contribution in [2.75, 3.05) is 23.8 Å². The molecule has 0 saturated carbocycles. The molecule has 48 heavy (non-hydrogen) atoms.